The molecule has 104 valence electrons. The number of pyridine rings is 2. The Kier molecular flexibility index (Phi) is 2.67. The van der Waals surface area contributed by atoms with Crippen molar-refractivity contribution in [1.82, 2.24) is 25.0 Å². The van der Waals surface area contributed by atoms with E-state index in [0.29, 0.717) is 11.3 Å². The fourth-order valence-corrected chi connectivity index (χ4v) is 2.38. The minimum atomic E-state index is 0.277. The van der Waals surface area contributed by atoms with Crippen molar-refractivity contribution in [3.8, 4) is 11.1 Å². The molecule has 0 unspecified atom stereocenters. The van der Waals surface area contributed by atoms with E-state index in [0.717, 1.165) is 16.5 Å². The molecule has 0 aliphatic rings. The quantitative estimate of drug-likeness (QED) is 0.320. The molecule has 0 atom stereocenters. The minimum absolute atomic E-state index is 0.277. The summed E-state index contributed by atoms with van der Waals surface area (Å²) in [5, 5.41) is 16.2. The van der Waals surface area contributed by atoms with Gasteiger partial charge in [-0.2, -0.15) is 4.52 Å². The maximum Gasteiger partial charge on any atom is 0.189 e. The standard InChI is InChI=1S/C14H8N8/c15-19-17-12-7-6-10-8-11(9-4-2-1-3-5-9)14-18-20-21-22(14)13(10)16-12/h1-8H. The summed E-state index contributed by atoms with van der Waals surface area (Å²) in [5.74, 6) is 0.277. The lowest BCUT2D eigenvalue weighted by Gasteiger charge is -2.06. The molecule has 8 heteroatoms. The van der Waals surface area contributed by atoms with Crippen molar-refractivity contribution in [1.29, 1.82) is 0 Å². The van der Waals surface area contributed by atoms with Gasteiger partial charge in [-0.05, 0) is 44.8 Å². The molecule has 1 aromatic carbocycles. The third-order valence-corrected chi connectivity index (χ3v) is 3.33. The Hall–Kier alpha value is -3.51. The van der Waals surface area contributed by atoms with Crippen molar-refractivity contribution in [2.45, 2.75) is 0 Å². The lowest BCUT2D eigenvalue weighted by Crippen LogP contribution is -1.96. The highest BCUT2D eigenvalue weighted by Crippen LogP contribution is 2.28. The molecule has 0 bridgehead atoms. The monoisotopic (exact) mass is 288 g/mol. The zero-order valence-corrected chi connectivity index (χ0v) is 11.2. The van der Waals surface area contributed by atoms with Crippen LogP contribution in [-0.4, -0.2) is 25.0 Å². The van der Waals surface area contributed by atoms with Gasteiger partial charge in [-0.1, -0.05) is 30.3 Å². The summed E-state index contributed by atoms with van der Waals surface area (Å²) < 4.78 is 1.55. The number of aromatic nitrogens is 5. The van der Waals surface area contributed by atoms with E-state index in [2.05, 4.69) is 30.5 Å². The predicted molar refractivity (Wildman–Crippen MR) is 80.3 cm³/mol. The lowest BCUT2D eigenvalue weighted by molar-refractivity contribution is 0.835. The fraction of sp³-hybridized carbons (Fsp3) is 0. The number of hydrogen-bond donors (Lipinski definition) is 0. The van der Waals surface area contributed by atoms with E-state index in [-0.39, 0.29) is 5.82 Å². The van der Waals surface area contributed by atoms with Gasteiger partial charge in [0.15, 0.2) is 11.3 Å². The molecule has 22 heavy (non-hydrogen) atoms. The Balaban J connectivity index is 2.09. The van der Waals surface area contributed by atoms with Crippen molar-refractivity contribution < 1.29 is 0 Å². The zero-order valence-electron chi connectivity index (χ0n) is 11.2. The van der Waals surface area contributed by atoms with Crippen LogP contribution in [0, 0.1) is 0 Å². The number of fused-ring (bicyclic) bond motifs is 3. The number of tetrazole rings is 1. The summed E-state index contributed by atoms with van der Waals surface area (Å²) in [6, 6.07) is 15.3. The molecule has 3 heterocycles. The molecule has 0 radical (unpaired) electrons. The largest absolute Gasteiger partial charge is 0.226 e. The van der Waals surface area contributed by atoms with Crippen LogP contribution in [-0.2, 0) is 0 Å². The number of nitrogens with zero attached hydrogens (tertiary/aromatic N) is 8. The lowest BCUT2D eigenvalue weighted by atomic mass is 10.1. The number of azide groups is 1. The molecular weight excluding hydrogens is 280 g/mol. The molecule has 0 aliphatic carbocycles. The Morgan fingerprint density at radius 2 is 1.91 bits per heavy atom. The van der Waals surface area contributed by atoms with E-state index >= 15 is 0 Å². The summed E-state index contributed by atoms with van der Waals surface area (Å²) in [5.41, 5.74) is 11.6. The molecule has 0 spiro atoms. The molecule has 0 amide bonds. The first-order chi connectivity index (χ1) is 10.9. The first kappa shape index (κ1) is 12.2. The van der Waals surface area contributed by atoms with Crippen molar-refractivity contribution in [3.05, 3.63) is 59.0 Å². The Labute approximate surface area is 123 Å². The Morgan fingerprint density at radius 1 is 1.05 bits per heavy atom. The minimum Gasteiger partial charge on any atom is -0.226 e. The van der Waals surface area contributed by atoms with Gasteiger partial charge in [0.1, 0.15) is 5.82 Å². The van der Waals surface area contributed by atoms with Crippen LogP contribution in [0.15, 0.2) is 53.6 Å². The third-order valence-electron chi connectivity index (χ3n) is 3.33. The fourth-order valence-electron chi connectivity index (χ4n) is 2.38. The van der Waals surface area contributed by atoms with Gasteiger partial charge in [-0.25, -0.2) is 4.98 Å². The molecule has 4 aromatic rings. The van der Waals surface area contributed by atoms with Crippen LogP contribution in [0.2, 0.25) is 0 Å². The van der Waals surface area contributed by atoms with E-state index in [1.165, 1.54) is 0 Å². The van der Waals surface area contributed by atoms with Gasteiger partial charge in [0.25, 0.3) is 0 Å². The Morgan fingerprint density at radius 3 is 2.73 bits per heavy atom. The third kappa shape index (κ3) is 1.83. The molecule has 0 saturated carbocycles. The molecule has 3 aromatic heterocycles. The topological polar surface area (TPSA) is 105 Å². The van der Waals surface area contributed by atoms with Crippen molar-refractivity contribution >= 4 is 22.5 Å². The predicted octanol–water partition coefficient (Wildman–Crippen LogP) is 3.28. The van der Waals surface area contributed by atoms with Gasteiger partial charge in [0, 0.05) is 15.9 Å². The average molecular weight is 288 g/mol. The molecular formula is C14H8N8. The van der Waals surface area contributed by atoms with Crippen LogP contribution in [0.25, 0.3) is 38.3 Å². The van der Waals surface area contributed by atoms with E-state index in [9.17, 15) is 0 Å². The normalized spacial score (nSPS) is 10.7. The first-order valence-corrected chi connectivity index (χ1v) is 6.49. The molecule has 4 rings (SSSR count). The summed E-state index contributed by atoms with van der Waals surface area (Å²) in [6.45, 7) is 0. The van der Waals surface area contributed by atoms with Crippen LogP contribution in [0.5, 0.6) is 0 Å². The second-order valence-corrected chi connectivity index (χ2v) is 4.61. The maximum atomic E-state index is 8.53. The second kappa shape index (κ2) is 4.80. The maximum absolute atomic E-state index is 8.53. The molecule has 8 nitrogen and oxygen atoms in total. The van der Waals surface area contributed by atoms with Gasteiger partial charge in [0.2, 0.25) is 0 Å². The van der Waals surface area contributed by atoms with Crippen molar-refractivity contribution in [3.63, 3.8) is 0 Å². The van der Waals surface area contributed by atoms with E-state index in [1.807, 2.05) is 42.5 Å². The molecule has 0 saturated heterocycles. The van der Waals surface area contributed by atoms with Crippen molar-refractivity contribution in [2.24, 2.45) is 5.11 Å². The van der Waals surface area contributed by atoms with E-state index in [4.69, 9.17) is 5.53 Å². The highest BCUT2D eigenvalue weighted by Gasteiger charge is 2.12. The van der Waals surface area contributed by atoms with Gasteiger partial charge >= 0.3 is 0 Å². The highest BCUT2D eigenvalue weighted by molar-refractivity contribution is 5.89. The summed E-state index contributed by atoms with van der Waals surface area (Å²) in [6.07, 6.45) is 0. The van der Waals surface area contributed by atoms with Crippen LogP contribution < -0.4 is 0 Å². The van der Waals surface area contributed by atoms with Crippen LogP contribution in [0.1, 0.15) is 0 Å². The summed E-state index contributed by atoms with van der Waals surface area (Å²) >= 11 is 0. The SMILES string of the molecule is [N-]=[N+]=Nc1ccc2cc(-c3ccccc3)c3nnnn3c2n1. The Bertz CT molecular complexity index is 1030. The van der Waals surface area contributed by atoms with Gasteiger partial charge in [-0.3, -0.25) is 0 Å². The smallest absolute Gasteiger partial charge is 0.189 e. The van der Waals surface area contributed by atoms with Gasteiger partial charge in [-0.15, -0.1) is 5.10 Å². The summed E-state index contributed by atoms with van der Waals surface area (Å²) in [7, 11) is 0. The highest BCUT2D eigenvalue weighted by atomic mass is 15.5. The molecule has 0 fully saturated rings. The second-order valence-electron chi connectivity index (χ2n) is 4.61. The average Bonchev–Trinajstić information content (AvgIpc) is 3.05. The molecule has 0 aliphatic heterocycles. The number of benzene rings is 1. The van der Waals surface area contributed by atoms with Crippen molar-refractivity contribution in [2.75, 3.05) is 0 Å². The van der Waals surface area contributed by atoms with Crippen LogP contribution in [0.3, 0.4) is 0 Å². The van der Waals surface area contributed by atoms with Crippen LogP contribution in [0.4, 0.5) is 5.82 Å². The van der Waals surface area contributed by atoms with E-state index < -0.39 is 0 Å². The van der Waals surface area contributed by atoms with Gasteiger partial charge < -0.3 is 0 Å². The number of rotatable bonds is 2. The number of hydrogen-bond acceptors (Lipinski definition) is 5. The molecule has 0 N–H and O–H groups in total. The summed E-state index contributed by atoms with van der Waals surface area (Å²) in [4.78, 5) is 7.05. The zero-order chi connectivity index (χ0) is 14.9. The van der Waals surface area contributed by atoms with Gasteiger partial charge in [0.05, 0.1) is 0 Å². The van der Waals surface area contributed by atoms with E-state index in [1.54, 1.807) is 10.6 Å². The first-order valence-electron chi connectivity index (χ1n) is 6.49. The van der Waals surface area contributed by atoms with Crippen LogP contribution >= 0.6 is 0 Å².